The summed E-state index contributed by atoms with van der Waals surface area (Å²) in [5.41, 5.74) is 1.49. The second-order valence-corrected chi connectivity index (χ2v) is 3.15. The van der Waals surface area contributed by atoms with Crippen molar-refractivity contribution in [2.24, 2.45) is 11.8 Å². The number of allylic oxidation sites excluding steroid dienone is 3. The SMILES string of the molecule is C=CC1=C[C@H]2CC[C@@H]2C1. The van der Waals surface area contributed by atoms with Crippen LogP contribution in [0.15, 0.2) is 24.3 Å². The smallest absolute Gasteiger partial charge is 0.0196 e. The largest absolute Gasteiger partial charge is 0.0988 e. The second-order valence-electron chi connectivity index (χ2n) is 3.15. The lowest BCUT2D eigenvalue weighted by molar-refractivity contribution is 0.248. The first-order valence-electron chi connectivity index (χ1n) is 3.73. The molecule has 0 aromatic carbocycles. The zero-order valence-electron chi connectivity index (χ0n) is 5.64. The van der Waals surface area contributed by atoms with Crippen LogP contribution in [0, 0.1) is 11.8 Å². The fraction of sp³-hybridized carbons (Fsp3) is 0.556. The molecule has 48 valence electrons. The topological polar surface area (TPSA) is 0 Å². The van der Waals surface area contributed by atoms with E-state index in [2.05, 4.69) is 12.7 Å². The summed E-state index contributed by atoms with van der Waals surface area (Å²) in [6.45, 7) is 3.77. The lowest BCUT2D eigenvalue weighted by Gasteiger charge is -2.29. The Labute approximate surface area is 56.3 Å². The van der Waals surface area contributed by atoms with E-state index in [1.54, 1.807) is 0 Å². The molecule has 0 bridgehead atoms. The first kappa shape index (κ1) is 5.28. The Bertz CT molecular complexity index is 165. The molecule has 1 fully saturated rings. The van der Waals surface area contributed by atoms with E-state index in [0.717, 1.165) is 11.8 Å². The summed E-state index contributed by atoms with van der Waals surface area (Å²) < 4.78 is 0. The quantitative estimate of drug-likeness (QED) is 0.499. The summed E-state index contributed by atoms with van der Waals surface area (Å²) in [6, 6.07) is 0. The lowest BCUT2D eigenvalue weighted by Crippen LogP contribution is -2.19. The third-order valence-corrected chi connectivity index (χ3v) is 2.66. The highest BCUT2D eigenvalue weighted by atomic mass is 14.4. The molecule has 0 N–H and O–H groups in total. The number of hydrogen-bond acceptors (Lipinski definition) is 0. The van der Waals surface area contributed by atoms with Gasteiger partial charge in [0.2, 0.25) is 0 Å². The molecular weight excluding hydrogens is 108 g/mol. The maximum atomic E-state index is 3.77. The molecule has 0 spiro atoms. The highest BCUT2D eigenvalue weighted by molar-refractivity contribution is 5.25. The van der Waals surface area contributed by atoms with E-state index < -0.39 is 0 Å². The fourth-order valence-electron chi connectivity index (χ4n) is 1.86. The summed E-state index contributed by atoms with van der Waals surface area (Å²) in [6.07, 6.45) is 8.62. The van der Waals surface area contributed by atoms with Crippen molar-refractivity contribution in [2.45, 2.75) is 19.3 Å². The van der Waals surface area contributed by atoms with Crippen molar-refractivity contribution in [2.75, 3.05) is 0 Å². The van der Waals surface area contributed by atoms with Crippen LogP contribution in [0.25, 0.3) is 0 Å². The van der Waals surface area contributed by atoms with Crippen molar-refractivity contribution >= 4 is 0 Å². The maximum absolute atomic E-state index is 3.77. The maximum Gasteiger partial charge on any atom is -0.0196 e. The predicted octanol–water partition coefficient (Wildman–Crippen LogP) is 2.53. The van der Waals surface area contributed by atoms with Gasteiger partial charge in [-0.1, -0.05) is 24.3 Å². The molecule has 0 heterocycles. The normalized spacial score (nSPS) is 38.9. The summed E-state index contributed by atoms with van der Waals surface area (Å²) in [5, 5.41) is 0. The van der Waals surface area contributed by atoms with Crippen LogP contribution in [0.2, 0.25) is 0 Å². The lowest BCUT2D eigenvalue weighted by atomic mass is 9.76. The van der Waals surface area contributed by atoms with E-state index >= 15 is 0 Å². The van der Waals surface area contributed by atoms with Crippen LogP contribution >= 0.6 is 0 Å². The van der Waals surface area contributed by atoms with Gasteiger partial charge >= 0.3 is 0 Å². The highest BCUT2D eigenvalue weighted by Crippen LogP contribution is 2.45. The van der Waals surface area contributed by atoms with Gasteiger partial charge in [0.25, 0.3) is 0 Å². The molecule has 2 atom stereocenters. The molecule has 0 saturated heterocycles. The third-order valence-electron chi connectivity index (χ3n) is 2.66. The summed E-state index contributed by atoms with van der Waals surface area (Å²) in [5.74, 6) is 1.95. The molecule has 0 aromatic rings. The van der Waals surface area contributed by atoms with Gasteiger partial charge < -0.3 is 0 Å². The monoisotopic (exact) mass is 120 g/mol. The molecule has 2 aliphatic rings. The van der Waals surface area contributed by atoms with Gasteiger partial charge in [0.1, 0.15) is 0 Å². The van der Waals surface area contributed by atoms with Crippen LogP contribution in [-0.2, 0) is 0 Å². The van der Waals surface area contributed by atoms with Crippen LogP contribution in [0.1, 0.15) is 19.3 Å². The average molecular weight is 120 g/mol. The molecule has 0 aliphatic heterocycles. The predicted molar refractivity (Wildman–Crippen MR) is 39.1 cm³/mol. The van der Waals surface area contributed by atoms with Crippen molar-refractivity contribution in [3.8, 4) is 0 Å². The minimum atomic E-state index is 0.943. The Balaban J connectivity index is 2.13. The molecule has 0 radical (unpaired) electrons. The van der Waals surface area contributed by atoms with Crippen LogP contribution in [0.4, 0.5) is 0 Å². The first-order valence-corrected chi connectivity index (χ1v) is 3.73. The van der Waals surface area contributed by atoms with Crippen LogP contribution in [-0.4, -0.2) is 0 Å². The van der Waals surface area contributed by atoms with Crippen molar-refractivity contribution in [3.63, 3.8) is 0 Å². The van der Waals surface area contributed by atoms with Gasteiger partial charge in [-0.15, -0.1) is 0 Å². The third kappa shape index (κ3) is 0.658. The highest BCUT2D eigenvalue weighted by Gasteiger charge is 2.33. The van der Waals surface area contributed by atoms with Gasteiger partial charge in [-0.05, 0) is 31.1 Å². The Hall–Kier alpha value is -0.520. The van der Waals surface area contributed by atoms with Crippen molar-refractivity contribution in [1.29, 1.82) is 0 Å². The van der Waals surface area contributed by atoms with E-state index in [-0.39, 0.29) is 0 Å². The molecule has 0 unspecified atom stereocenters. The van der Waals surface area contributed by atoms with Crippen molar-refractivity contribution in [1.82, 2.24) is 0 Å². The Morgan fingerprint density at radius 1 is 1.56 bits per heavy atom. The van der Waals surface area contributed by atoms with Crippen LogP contribution in [0.3, 0.4) is 0 Å². The Morgan fingerprint density at radius 3 is 2.78 bits per heavy atom. The van der Waals surface area contributed by atoms with Gasteiger partial charge in [0.05, 0.1) is 0 Å². The molecule has 9 heavy (non-hydrogen) atoms. The minimum absolute atomic E-state index is 0.943. The molecule has 2 rings (SSSR count). The van der Waals surface area contributed by atoms with E-state index in [9.17, 15) is 0 Å². The molecule has 0 heteroatoms. The first-order chi connectivity index (χ1) is 4.40. The summed E-state index contributed by atoms with van der Waals surface area (Å²) >= 11 is 0. The fourth-order valence-corrected chi connectivity index (χ4v) is 1.86. The zero-order chi connectivity index (χ0) is 6.27. The van der Waals surface area contributed by atoms with E-state index in [4.69, 9.17) is 0 Å². The van der Waals surface area contributed by atoms with Crippen molar-refractivity contribution in [3.05, 3.63) is 24.3 Å². The zero-order valence-corrected chi connectivity index (χ0v) is 5.64. The molecule has 0 amide bonds. The van der Waals surface area contributed by atoms with Crippen LogP contribution < -0.4 is 0 Å². The molecular formula is C9H12. The number of rotatable bonds is 1. The number of hydrogen-bond donors (Lipinski definition) is 0. The second kappa shape index (κ2) is 1.73. The van der Waals surface area contributed by atoms with Crippen LogP contribution in [0.5, 0.6) is 0 Å². The Morgan fingerprint density at radius 2 is 2.44 bits per heavy atom. The molecule has 0 nitrogen and oxygen atoms in total. The van der Waals surface area contributed by atoms with Gasteiger partial charge in [-0.3, -0.25) is 0 Å². The van der Waals surface area contributed by atoms with Gasteiger partial charge in [0, 0.05) is 0 Å². The van der Waals surface area contributed by atoms with E-state index in [0.29, 0.717) is 0 Å². The molecule has 2 aliphatic carbocycles. The van der Waals surface area contributed by atoms with Crippen molar-refractivity contribution < 1.29 is 0 Å². The Kier molecular flexibility index (Phi) is 1.01. The van der Waals surface area contributed by atoms with E-state index in [1.165, 1.54) is 24.8 Å². The minimum Gasteiger partial charge on any atom is -0.0988 e. The summed E-state index contributed by atoms with van der Waals surface area (Å²) in [4.78, 5) is 0. The van der Waals surface area contributed by atoms with Gasteiger partial charge in [-0.25, -0.2) is 0 Å². The van der Waals surface area contributed by atoms with E-state index in [1.807, 2.05) is 6.08 Å². The number of fused-ring (bicyclic) bond motifs is 1. The molecule has 0 aromatic heterocycles. The summed E-state index contributed by atoms with van der Waals surface area (Å²) in [7, 11) is 0. The van der Waals surface area contributed by atoms with Gasteiger partial charge in [0.15, 0.2) is 0 Å². The van der Waals surface area contributed by atoms with Gasteiger partial charge in [-0.2, -0.15) is 0 Å². The standard InChI is InChI=1S/C9H12/c1-2-7-5-8-3-4-9(8)6-7/h2,5,8-9H,1,3-4,6H2/t8-,9-/m1/s1. The molecule has 1 saturated carbocycles. The average Bonchev–Trinajstić information content (AvgIpc) is 2.10.